The molecule has 2 aromatic carbocycles. The number of rotatable bonds is 6. The molecule has 0 atom stereocenters. The van der Waals surface area contributed by atoms with Crippen LogP contribution in [0.15, 0.2) is 47.4 Å². The van der Waals surface area contributed by atoms with Gasteiger partial charge in [0.1, 0.15) is 5.82 Å². The van der Waals surface area contributed by atoms with Crippen LogP contribution in [0.4, 0.5) is 10.1 Å². The first-order chi connectivity index (χ1) is 14.7. The first kappa shape index (κ1) is 23.2. The summed E-state index contributed by atoms with van der Waals surface area (Å²) in [5.41, 5.74) is -0.0475. The number of carbonyl (C=O) groups excluding carboxylic acids is 2. The van der Waals surface area contributed by atoms with Crippen molar-refractivity contribution < 1.29 is 27.1 Å². The molecule has 0 radical (unpaired) electrons. The van der Waals surface area contributed by atoms with Crippen molar-refractivity contribution in [1.29, 1.82) is 0 Å². The van der Waals surface area contributed by atoms with E-state index in [0.717, 1.165) is 18.2 Å². The van der Waals surface area contributed by atoms with Crippen LogP contribution in [0.1, 0.15) is 30.1 Å². The Bertz CT molecular complexity index is 1080. The molecule has 166 valence electrons. The second-order valence-electron chi connectivity index (χ2n) is 7.04. The highest BCUT2D eigenvalue weighted by Crippen LogP contribution is 2.26. The fourth-order valence-corrected chi connectivity index (χ4v) is 5.03. The quantitative estimate of drug-likeness (QED) is 0.652. The number of hydrogen-bond donors (Lipinski definition) is 1. The van der Waals surface area contributed by atoms with Crippen molar-refractivity contribution in [3.8, 4) is 0 Å². The van der Waals surface area contributed by atoms with Crippen molar-refractivity contribution in [2.75, 3.05) is 25.0 Å². The summed E-state index contributed by atoms with van der Waals surface area (Å²) in [6, 6.07) is 9.40. The first-order valence-corrected chi connectivity index (χ1v) is 11.6. The van der Waals surface area contributed by atoms with E-state index >= 15 is 0 Å². The smallest absolute Gasteiger partial charge is 0.309 e. The lowest BCUT2D eigenvalue weighted by molar-refractivity contribution is -0.149. The topological polar surface area (TPSA) is 92.8 Å². The van der Waals surface area contributed by atoms with Gasteiger partial charge < -0.3 is 10.1 Å². The number of nitrogens with one attached hydrogen (secondary N) is 1. The van der Waals surface area contributed by atoms with Gasteiger partial charge in [0.2, 0.25) is 10.0 Å². The van der Waals surface area contributed by atoms with E-state index in [2.05, 4.69) is 5.32 Å². The molecule has 1 fully saturated rings. The van der Waals surface area contributed by atoms with Gasteiger partial charge in [0.25, 0.3) is 5.91 Å². The van der Waals surface area contributed by atoms with Crippen molar-refractivity contribution in [3.05, 3.63) is 58.9 Å². The number of benzene rings is 2. The number of ether oxygens (including phenoxy) is 1. The minimum absolute atomic E-state index is 0.132. The average molecular weight is 469 g/mol. The van der Waals surface area contributed by atoms with Gasteiger partial charge in [0.15, 0.2) is 0 Å². The zero-order valence-electron chi connectivity index (χ0n) is 16.8. The lowest BCUT2D eigenvalue weighted by Gasteiger charge is -2.30. The maximum Gasteiger partial charge on any atom is 0.309 e. The van der Waals surface area contributed by atoms with Crippen LogP contribution in [0.2, 0.25) is 5.02 Å². The molecule has 0 bridgehead atoms. The van der Waals surface area contributed by atoms with Crippen LogP contribution in [-0.2, 0) is 19.6 Å². The number of nitrogens with zero attached hydrogens (tertiary/aromatic N) is 1. The fraction of sp³-hybridized carbons (Fsp3) is 0.333. The molecule has 31 heavy (non-hydrogen) atoms. The van der Waals surface area contributed by atoms with E-state index in [1.807, 2.05) is 0 Å². The van der Waals surface area contributed by atoms with Crippen molar-refractivity contribution >= 4 is 39.2 Å². The second-order valence-corrected chi connectivity index (χ2v) is 9.41. The molecule has 1 saturated heterocycles. The van der Waals surface area contributed by atoms with Gasteiger partial charge in [-0.05, 0) is 56.2 Å². The molecule has 7 nitrogen and oxygen atoms in total. The first-order valence-electron chi connectivity index (χ1n) is 9.75. The molecule has 2 aromatic rings. The van der Waals surface area contributed by atoms with Gasteiger partial charge in [-0.3, -0.25) is 9.59 Å². The van der Waals surface area contributed by atoms with Crippen LogP contribution < -0.4 is 5.32 Å². The molecule has 10 heteroatoms. The third-order valence-corrected chi connectivity index (χ3v) is 7.11. The van der Waals surface area contributed by atoms with Gasteiger partial charge in [0, 0.05) is 23.8 Å². The van der Waals surface area contributed by atoms with Gasteiger partial charge >= 0.3 is 5.97 Å². The molecule has 3 rings (SSSR count). The van der Waals surface area contributed by atoms with E-state index < -0.39 is 27.3 Å². The SMILES string of the molecule is CCOC(=O)C1CCN(S(=O)(=O)c2ccc(F)c(C(=O)Nc3cccc(Cl)c3)c2)CC1. The van der Waals surface area contributed by atoms with E-state index in [1.165, 1.54) is 10.4 Å². The van der Waals surface area contributed by atoms with Crippen molar-refractivity contribution in [1.82, 2.24) is 4.31 Å². The van der Waals surface area contributed by atoms with Crippen LogP contribution in [0, 0.1) is 11.7 Å². The Morgan fingerprint density at radius 1 is 1.19 bits per heavy atom. The maximum atomic E-state index is 14.3. The summed E-state index contributed by atoms with van der Waals surface area (Å²) in [5, 5.41) is 2.89. The number of piperidine rings is 1. The molecule has 0 unspecified atom stereocenters. The summed E-state index contributed by atoms with van der Waals surface area (Å²) >= 11 is 5.88. The van der Waals surface area contributed by atoms with Gasteiger partial charge in [-0.1, -0.05) is 17.7 Å². The largest absolute Gasteiger partial charge is 0.466 e. The van der Waals surface area contributed by atoms with Crippen molar-refractivity contribution in [3.63, 3.8) is 0 Å². The van der Waals surface area contributed by atoms with Gasteiger partial charge in [-0.25, -0.2) is 12.8 Å². The van der Waals surface area contributed by atoms with E-state index in [-0.39, 0.29) is 36.5 Å². The van der Waals surface area contributed by atoms with E-state index in [4.69, 9.17) is 16.3 Å². The fourth-order valence-electron chi connectivity index (χ4n) is 3.34. The molecule has 1 heterocycles. The monoisotopic (exact) mass is 468 g/mol. The Balaban J connectivity index is 1.77. The average Bonchev–Trinajstić information content (AvgIpc) is 2.74. The molecule has 1 aliphatic heterocycles. The number of carbonyl (C=O) groups is 2. The minimum atomic E-state index is -3.96. The predicted molar refractivity (Wildman–Crippen MR) is 114 cm³/mol. The molecule has 1 N–H and O–H groups in total. The highest BCUT2D eigenvalue weighted by Gasteiger charge is 2.33. The van der Waals surface area contributed by atoms with E-state index in [1.54, 1.807) is 25.1 Å². The standard InChI is InChI=1S/C21H22ClFN2O5S/c1-2-30-21(27)14-8-10-25(11-9-14)31(28,29)17-6-7-19(23)18(13-17)20(26)24-16-5-3-4-15(22)12-16/h3-7,12-14H,2,8-11H2,1H3,(H,24,26). The molecule has 1 amide bonds. The third kappa shape index (κ3) is 5.41. The van der Waals surface area contributed by atoms with Crippen molar-refractivity contribution in [2.45, 2.75) is 24.7 Å². The second kappa shape index (κ2) is 9.76. The summed E-state index contributed by atoms with van der Waals surface area (Å²) in [7, 11) is -3.96. The number of amides is 1. The molecular weight excluding hydrogens is 447 g/mol. The Hall–Kier alpha value is -2.49. The van der Waals surface area contributed by atoms with Gasteiger partial charge in [-0.15, -0.1) is 0 Å². The van der Waals surface area contributed by atoms with Crippen LogP contribution in [0.3, 0.4) is 0 Å². The zero-order valence-corrected chi connectivity index (χ0v) is 18.4. The lowest BCUT2D eigenvalue weighted by Crippen LogP contribution is -2.40. The van der Waals surface area contributed by atoms with Crippen LogP contribution in [0.25, 0.3) is 0 Å². The summed E-state index contributed by atoms with van der Waals surface area (Å²) in [6.07, 6.45) is 0.669. The molecule has 1 aliphatic rings. The molecular formula is C21H22ClFN2O5S. The molecule has 0 saturated carbocycles. The van der Waals surface area contributed by atoms with Gasteiger partial charge in [-0.2, -0.15) is 4.31 Å². The minimum Gasteiger partial charge on any atom is -0.466 e. The van der Waals surface area contributed by atoms with Crippen LogP contribution >= 0.6 is 11.6 Å². The van der Waals surface area contributed by atoms with Crippen molar-refractivity contribution in [2.24, 2.45) is 5.92 Å². The predicted octanol–water partition coefficient (Wildman–Crippen LogP) is 3.70. The highest BCUT2D eigenvalue weighted by molar-refractivity contribution is 7.89. The van der Waals surface area contributed by atoms with E-state index in [9.17, 15) is 22.4 Å². The maximum absolute atomic E-state index is 14.3. The molecule has 0 aromatic heterocycles. The number of halogens is 2. The third-order valence-electron chi connectivity index (χ3n) is 4.98. The van der Waals surface area contributed by atoms with Crippen LogP contribution in [0.5, 0.6) is 0 Å². The zero-order chi connectivity index (χ0) is 22.6. The van der Waals surface area contributed by atoms with E-state index in [0.29, 0.717) is 23.6 Å². The Labute approximate surface area is 185 Å². The number of hydrogen-bond acceptors (Lipinski definition) is 5. The lowest BCUT2D eigenvalue weighted by atomic mass is 9.98. The Kier molecular flexibility index (Phi) is 7.30. The number of anilines is 1. The molecule has 0 spiro atoms. The number of esters is 1. The van der Waals surface area contributed by atoms with Gasteiger partial charge in [0.05, 0.1) is 23.0 Å². The van der Waals surface area contributed by atoms with Crippen LogP contribution in [-0.4, -0.2) is 44.3 Å². The summed E-state index contributed by atoms with van der Waals surface area (Å²) in [4.78, 5) is 24.2. The highest BCUT2D eigenvalue weighted by atomic mass is 35.5. The summed E-state index contributed by atoms with van der Waals surface area (Å²) < 4.78 is 46.6. The summed E-state index contributed by atoms with van der Waals surface area (Å²) in [6.45, 7) is 2.25. The molecule has 0 aliphatic carbocycles. The Morgan fingerprint density at radius 3 is 2.55 bits per heavy atom. The summed E-state index contributed by atoms with van der Waals surface area (Å²) in [5.74, 6) is -2.32. The Morgan fingerprint density at radius 2 is 1.90 bits per heavy atom. The number of sulfonamides is 1. The normalized spacial score (nSPS) is 15.5.